The molecule has 20 heavy (non-hydrogen) atoms. The van der Waals surface area contributed by atoms with Crippen LogP contribution in [0.2, 0.25) is 0 Å². The lowest BCUT2D eigenvalue weighted by Gasteiger charge is -2.22. The Labute approximate surface area is 121 Å². The van der Waals surface area contributed by atoms with Crippen LogP contribution in [0.1, 0.15) is 25.1 Å². The first-order chi connectivity index (χ1) is 9.65. The molecule has 0 radical (unpaired) electrons. The van der Waals surface area contributed by atoms with Crippen LogP contribution in [0.5, 0.6) is 0 Å². The lowest BCUT2D eigenvalue weighted by molar-refractivity contribution is -0.149. The Morgan fingerprint density at radius 3 is 3.20 bits per heavy atom. The number of rotatable bonds is 5. The first-order valence-corrected chi connectivity index (χ1v) is 7.73. The van der Waals surface area contributed by atoms with Gasteiger partial charge in [0.05, 0.1) is 12.0 Å². The Morgan fingerprint density at radius 2 is 2.50 bits per heavy atom. The number of hydrogen-bond donors (Lipinski definition) is 1. The van der Waals surface area contributed by atoms with Gasteiger partial charge in [-0.05, 0) is 18.8 Å². The van der Waals surface area contributed by atoms with Crippen molar-refractivity contribution in [2.75, 3.05) is 31.7 Å². The minimum atomic E-state index is -0.647. The molecule has 1 aliphatic carbocycles. The van der Waals surface area contributed by atoms with Gasteiger partial charge in [0.2, 0.25) is 5.13 Å². The van der Waals surface area contributed by atoms with Crippen LogP contribution < -0.4 is 4.90 Å². The number of anilines is 1. The fourth-order valence-corrected chi connectivity index (χ4v) is 4.17. The number of carboxylic acid groups (broad SMARTS) is 1. The maximum atomic E-state index is 11.7. The van der Waals surface area contributed by atoms with E-state index in [1.54, 1.807) is 7.11 Å². The average Bonchev–Trinajstić information content (AvgIpc) is 3.09. The van der Waals surface area contributed by atoms with Gasteiger partial charge in [-0.1, -0.05) is 6.42 Å². The van der Waals surface area contributed by atoms with E-state index in [9.17, 15) is 9.90 Å². The number of hydrogen-bond acceptors (Lipinski definition) is 6. The zero-order valence-corrected chi connectivity index (χ0v) is 12.4. The number of aliphatic carboxylic acids is 1. The van der Waals surface area contributed by atoms with Crippen molar-refractivity contribution in [3.63, 3.8) is 0 Å². The van der Waals surface area contributed by atoms with Crippen LogP contribution in [0.4, 0.5) is 5.13 Å². The van der Waals surface area contributed by atoms with Crippen LogP contribution in [0.15, 0.2) is 0 Å². The highest BCUT2D eigenvalue weighted by molar-refractivity contribution is 7.09. The Morgan fingerprint density at radius 1 is 1.65 bits per heavy atom. The fourth-order valence-electron chi connectivity index (χ4n) is 3.45. The van der Waals surface area contributed by atoms with E-state index in [1.807, 2.05) is 0 Å². The lowest BCUT2D eigenvalue weighted by Crippen LogP contribution is -2.35. The van der Waals surface area contributed by atoms with Gasteiger partial charge < -0.3 is 14.7 Å². The topological polar surface area (TPSA) is 75.5 Å². The van der Waals surface area contributed by atoms with Gasteiger partial charge in [0, 0.05) is 38.2 Å². The molecule has 1 N–H and O–H groups in total. The van der Waals surface area contributed by atoms with Gasteiger partial charge in [0.25, 0.3) is 0 Å². The summed E-state index contributed by atoms with van der Waals surface area (Å²) in [7, 11) is 1.66. The molecule has 110 valence electrons. The zero-order chi connectivity index (χ0) is 14.2. The SMILES string of the molecule is COCCc1nsc(N2C[C@@H]3CCC[C@@]3(C(=O)O)C2)n1. The molecule has 1 saturated carbocycles. The van der Waals surface area contributed by atoms with Gasteiger partial charge in [-0.2, -0.15) is 4.37 Å². The van der Waals surface area contributed by atoms with Crippen LogP contribution in [0.3, 0.4) is 0 Å². The number of ether oxygens (including phenoxy) is 1. The molecule has 1 aliphatic heterocycles. The summed E-state index contributed by atoms with van der Waals surface area (Å²) in [6.07, 6.45) is 3.53. The normalized spacial score (nSPS) is 28.9. The zero-order valence-electron chi connectivity index (χ0n) is 11.5. The molecule has 1 aromatic rings. The van der Waals surface area contributed by atoms with E-state index in [4.69, 9.17) is 4.74 Å². The van der Waals surface area contributed by atoms with Gasteiger partial charge >= 0.3 is 5.97 Å². The predicted molar refractivity (Wildman–Crippen MR) is 75.1 cm³/mol. The van der Waals surface area contributed by atoms with Crippen molar-refractivity contribution in [3.05, 3.63) is 5.82 Å². The Kier molecular flexibility index (Phi) is 3.64. The second-order valence-corrected chi connectivity index (χ2v) is 6.40. The third-order valence-corrected chi connectivity index (χ3v) is 5.37. The Hall–Kier alpha value is -1.21. The number of aromatic nitrogens is 2. The summed E-state index contributed by atoms with van der Waals surface area (Å²) in [5, 5.41) is 10.4. The molecule has 7 heteroatoms. The number of methoxy groups -OCH3 is 1. The van der Waals surface area contributed by atoms with Crippen molar-refractivity contribution >= 4 is 22.6 Å². The molecule has 2 aliphatic rings. The number of carboxylic acids is 1. The molecule has 0 amide bonds. The van der Waals surface area contributed by atoms with Gasteiger partial charge in [0.1, 0.15) is 5.82 Å². The van der Waals surface area contributed by atoms with Gasteiger partial charge in [0.15, 0.2) is 0 Å². The lowest BCUT2D eigenvalue weighted by atomic mass is 9.81. The molecule has 3 rings (SSSR count). The molecule has 0 unspecified atom stereocenters. The average molecular weight is 297 g/mol. The van der Waals surface area contributed by atoms with Crippen molar-refractivity contribution in [1.82, 2.24) is 9.36 Å². The largest absolute Gasteiger partial charge is 0.481 e. The molecule has 6 nitrogen and oxygen atoms in total. The van der Waals surface area contributed by atoms with E-state index in [2.05, 4.69) is 14.3 Å². The second-order valence-electron chi connectivity index (χ2n) is 5.67. The van der Waals surface area contributed by atoms with Crippen LogP contribution in [-0.2, 0) is 16.0 Å². The molecule has 0 spiro atoms. The first-order valence-electron chi connectivity index (χ1n) is 6.95. The first kappa shape index (κ1) is 13.8. The van der Waals surface area contributed by atoms with E-state index >= 15 is 0 Å². The molecule has 0 bridgehead atoms. The van der Waals surface area contributed by atoms with Crippen LogP contribution in [0, 0.1) is 11.3 Å². The molecule has 1 aromatic heterocycles. The highest BCUT2D eigenvalue weighted by atomic mass is 32.1. The van der Waals surface area contributed by atoms with Gasteiger partial charge in [-0.25, -0.2) is 4.98 Å². The monoisotopic (exact) mass is 297 g/mol. The smallest absolute Gasteiger partial charge is 0.311 e. The minimum Gasteiger partial charge on any atom is -0.481 e. The summed E-state index contributed by atoms with van der Waals surface area (Å²) in [6.45, 7) is 1.98. The van der Waals surface area contributed by atoms with Gasteiger partial charge in [-0.3, -0.25) is 4.79 Å². The van der Waals surface area contributed by atoms with E-state index < -0.39 is 11.4 Å². The molecular formula is C13H19N3O3S. The minimum absolute atomic E-state index is 0.256. The number of nitrogens with zero attached hydrogens (tertiary/aromatic N) is 3. The third kappa shape index (κ3) is 2.18. The van der Waals surface area contributed by atoms with Crippen molar-refractivity contribution in [3.8, 4) is 0 Å². The molecular weight excluding hydrogens is 278 g/mol. The summed E-state index contributed by atoms with van der Waals surface area (Å²) in [5.74, 6) is 0.395. The molecule has 2 fully saturated rings. The van der Waals surface area contributed by atoms with Crippen molar-refractivity contribution in [2.45, 2.75) is 25.7 Å². The maximum absolute atomic E-state index is 11.7. The number of fused-ring (bicyclic) bond motifs is 1. The van der Waals surface area contributed by atoms with Crippen LogP contribution in [-0.4, -0.2) is 47.2 Å². The summed E-state index contributed by atoms with van der Waals surface area (Å²) in [4.78, 5) is 18.3. The maximum Gasteiger partial charge on any atom is 0.311 e. The molecule has 2 heterocycles. The number of carbonyl (C=O) groups is 1. The van der Waals surface area contributed by atoms with Gasteiger partial charge in [-0.15, -0.1) is 0 Å². The van der Waals surface area contributed by atoms with E-state index in [1.165, 1.54) is 11.5 Å². The summed E-state index contributed by atoms with van der Waals surface area (Å²) >= 11 is 1.36. The van der Waals surface area contributed by atoms with Crippen molar-refractivity contribution < 1.29 is 14.6 Å². The summed E-state index contributed by atoms with van der Waals surface area (Å²) < 4.78 is 9.34. The second kappa shape index (κ2) is 5.29. The molecule has 2 atom stereocenters. The van der Waals surface area contributed by atoms with Crippen LogP contribution >= 0.6 is 11.5 Å². The highest BCUT2D eigenvalue weighted by Crippen LogP contribution is 2.49. The molecule has 0 aromatic carbocycles. The predicted octanol–water partition coefficient (Wildman–Crippen LogP) is 1.42. The van der Waals surface area contributed by atoms with Crippen molar-refractivity contribution in [1.29, 1.82) is 0 Å². The summed E-state index contributed by atoms with van der Waals surface area (Å²) in [6, 6.07) is 0. The summed E-state index contributed by atoms with van der Waals surface area (Å²) in [5.41, 5.74) is -0.557. The van der Waals surface area contributed by atoms with E-state index in [-0.39, 0.29) is 5.92 Å². The third-order valence-electron chi connectivity index (χ3n) is 4.55. The van der Waals surface area contributed by atoms with Crippen LogP contribution in [0.25, 0.3) is 0 Å². The quantitative estimate of drug-likeness (QED) is 0.886. The Balaban J connectivity index is 1.73. The van der Waals surface area contributed by atoms with Crippen molar-refractivity contribution in [2.24, 2.45) is 11.3 Å². The standard InChI is InChI=1S/C13H19N3O3S/c1-19-6-4-10-14-12(20-15-10)16-7-9-3-2-5-13(9,8-16)11(17)18/h9H,2-8H2,1H3,(H,17,18)/t9-,13+/m0/s1. The van der Waals surface area contributed by atoms with E-state index in [0.29, 0.717) is 19.6 Å². The Bertz CT molecular complexity index is 507. The molecule has 1 saturated heterocycles. The fraction of sp³-hybridized carbons (Fsp3) is 0.769. The highest BCUT2D eigenvalue weighted by Gasteiger charge is 2.55. The van der Waals surface area contributed by atoms with E-state index in [0.717, 1.165) is 36.8 Å².